The molecule has 0 spiro atoms. The van der Waals surface area contributed by atoms with E-state index in [4.69, 9.17) is 0 Å². The van der Waals surface area contributed by atoms with Crippen LogP contribution in [0.1, 0.15) is 39.0 Å². The number of hydrogen-bond donors (Lipinski definition) is 1. The third-order valence-corrected chi connectivity index (χ3v) is 3.71. The number of carbonyl (C=O) groups excluding carboxylic acids is 1. The predicted octanol–water partition coefficient (Wildman–Crippen LogP) is 2.30. The van der Waals surface area contributed by atoms with Gasteiger partial charge in [0.25, 0.3) is 0 Å². The molecular formula is C13H21NO. The molecule has 1 saturated heterocycles. The lowest BCUT2D eigenvalue weighted by Crippen LogP contribution is -2.23. The second kappa shape index (κ2) is 4.93. The van der Waals surface area contributed by atoms with Crippen LogP contribution < -0.4 is 5.32 Å². The van der Waals surface area contributed by atoms with Gasteiger partial charge in [-0.15, -0.1) is 0 Å². The summed E-state index contributed by atoms with van der Waals surface area (Å²) in [5.74, 6) is 1.19. The van der Waals surface area contributed by atoms with Crippen LogP contribution in [0, 0.1) is 11.8 Å². The highest BCUT2D eigenvalue weighted by molar-refractivity contribution is 5.97. The molecule has 0 aromatic carbocycles. The van der Waals surface area contributed by atoms with E-state index in [0.29, 0.717) is 11.7 Å². The molecular weight excluding hydrogens is 186 g/mol. The van der Waals surface area contributed by atoms with E-state index in [1.807, 2.05) is 0 Å². The third kappa shape index (κ3) is 2.49. The number of hydrogen-bond acceptors (Lipinski definition) is 2. The van der Waals surface area contributed by atoms with Crippen molar-refractivity contribution in [1.29, 1.82) is 0 Å². The molecule has 2 aliphatic rings. The third-order valence-electron chi connectivity index (χ3n) is 3.71. The predicted molar refractivity (Wildman–Crippen MR) is 61.7 cm³/mol. The van der Waals surface area contributed by atoms with Gasteiger partial charge in [-0.05, 0) is 43.7 Å². The Morgan fingerprint density at radius 1 is 1.33 bits per heavy atom. The van der Waals surface area contributed by atoms with Gasteiger partial charge in [0.15, 0.2) is 5.78 Å². The second-order valence-electron chi connectivity index (χ2n) is 4.93. The first-order valence-electron chi connectivity index (χ1n) is 6.23. The fourth-order valence-electron chi connectivity index (χ4n) is 2.64. The van der Waals surface area contributed by atoms with E-state index in [2.05, 4.69) is 18.3 Å². The highest BCUT2D eigenvalue weighted by atomic mass is 16.1. The molecule has 15 heavy (non-hydrogen) atoms. The molecule has 1 aliphatic heterocycles. The first kappa shape index (κ1) is 10.9. The van der Waals surface area contributed by atoms with Crippen molar-refractivity contribution >= 4 is 5.78 Å². The van der Waals surface area contributed by atoms with Crippen LogP contribution in [0.15, 0.2) is 11.6 Å². The topological polar surface area (TPSA) is 29.1 Å². The summed E-state index contributed by atoms with van der Waals surface area (Å²) in [4.78, 5) is 12.3. The van der Waals surface area contributed by atoms with Crippen molar-refractivity contribution in [3.05, 3.63) is 11.6 Å². The zero-order valence-electron chi connectivity index (χ0n) is 9.59. The lowest BCUT2D eigenvalue weighted by atomic mass is 9.88. The van der Waals surface area contributed by atoms with E-state index >= 15 is 0 Å². The molecule has 1 N–H and O–H groups in total. The Hall–Kier alpha value is -0.630. The maximum Gasteiger partial charge on any atom is 0.163 e. The molecule has 1 fully saturated rings. The molecule has 2 rings (SSSR count). The second-order valence-corrected chi connectivity index (χ2v) is 4.93. The SMILES string of the molecule is CC1CNCC1C(=O)C1=CCCCCC1. The molecule has 0 radical (unpaired) electrons. The van der Waals surface area contributed by atoms with Crippen molar-refractivity contribution in [2.75, 3.05) is 13.1 Å². The van der Waals surface area contributed by atoms with Gasteiger partial charge in [0, 0.05) is 12.5 Å². The number of allylic oxidation sites excluding steroid dienone is 2. The summed E-state index contributed by atoms with van der Waals surface area (Å²) < 4.78 is 0. The van der Waals surface area contributed by atoms with E-state index in [1.165, 1.54) is 19.3 Å². The van der Waals surface area contributed by atoms with Gasteiger partial charge in [-0.3, -0.25) is 4.79 Å². The van der Waals surface area contributed by atoms with Crippen molar-refractivity contribution in [2.45, 2.75) is 39.0 Å². The molecule has 1 aliphatic carbocycles. The van der Waals surface area contributed by atoms with Crippen LogP contribution in [-0.2, 0) is 4.79 Å². The van der Waals surface area contributed by atoms with Gasteiger partial charge in [0.05, 0.1) is 0 Å². The monoisotopic (exact) mass is 207 g/mol. The van der Waals surface area contributed by atoms with E-state index in [-0.39, 0.29) is 5.92 Å². The molecule has 0 saturated carbocycles. The van der Waals surface area contributed by atoms with Crippen LogP contribution in [0.2, 0.25) is 0 Å². The van der Waals surface area contributed by atoms with E-state index < -0.39 is 0 Å². The van der Waals surface area contributed by atoms with E-state index in [0.717, 1.165) is 31.5 Å². The zero-order valence-corrected chi connectivity index (χ0v) is 9.59. The van der Waals surface area contributed by atoms with Gasteiger partial charge < -0.3 is 5.32 Å². The minimum absolute atomic E-state index is 0.245. The molecule has 84 valence electrons. The minimum atomic E-state index is 0.245. The molecule has 0 aromatic rings. The van der Waals surface area contributed by atoms with Gasteiger partial charge in [0.1, 0.15) is 0 Å². The Morgan fingerprint density at radius 2 is 2.20 bits per heavy atom. The molecule has 2 heteroatoms. The highest BCUT2D eigenvalue weighted by Crippen LogP contribution is 2.25. The van der Waals surface area contributed by atoms with Gasteiger partial charge in [-0.25, -0.2) is 0 Å². The molecule has 2 unspecified atom stereocenters. The molecule has 0 aromatic heterocycles. The zero-order chi connectivity index (χ0) is 10.7. The lowest BCUT2D eigenvalue weighted by Gasteiger charge is -2.14. The summed E-state index contributed by atoms with van der Waals surface area (Å²) >= 11 is 0. The van der Waals surface area contributed by atoms with E-state index in [1.54, 1.807) is 0 Å². The largest absolute Gasteiger partial charge is 0.316 e. The quantitative estimate of drug-likeness (QED) is 0.753. The van der Waals surface area contributed by atoms with Crippen molar-refractivity contribution in [3.8, 4) is 0 Å². The summed E-state index contributed by atoms with van der Waals surface area (Å²) in [7, 11) is 0. The minimum Gasteiger partial charge on any atom is -0.316 e. The molecule has 0 amide bonds. The van der Waals surface area contributed by atoms with Crippen LogP contribution in [0.4, 0.5) is 0 Å². The number of ketones is 1. The summed E-state index contributed by atoms with van der Waals surface area (Å²) in [5, 5.41) is 3.31. The highest BCUT2D eigenvalue weighted by Gasteiger charge is 2.31. The van der Waals surface area contributed by atoms with Crippen molar-refractivity contribution < 1.29 is 4.79 Å². The smallest absolute Gasteiger partial charge is 0.163 e. The van der Waals surface area contributed by atoms with Gasteiger partial charge in [0.2, 0.25) is 0 Å². The number of rotatable bonds is 2. The first-order chi connectivity index (χ1) is 7.29. The van der Waals surface area contributed by atoms with Gasteiger partial charge in [-0.2, -0.15) is 0 Å². The standard InChI is InChI=1S/C13H21NO/c1-10-8-14-9-12(10)13(15)11-6-4-2-3-5-7-11/h6,10,12,14H,2-5,7-9H2,1H3. The maximum atomic E-state index is 12.3. The van der Waals surface area contributed by atoms with Gasteiger partial charge in [-0.1, -0.05) is 19.4 Å². The molecule has 1 heterocycles. The number of carbonyl (C=O) groups is 1. The normalized spacial score (nSPS) is 32.2. The van der Waals surface area contributed by atoms with Crippen molar-refractivity contribution in [1.82, 2.24) is 5.32 Å². The summed E-state index contributed by atoms with van der Waals surface area (Å²) in [6, 6.07) is 0. The molecule has 0 bridgehead atoms. The first-order valence-corrected chi connectivity index (χ1v) is 6.23. The van der Waals surface area contributed by atoms with Crippen LogP contribution in [0.5, 0.6) is 0 Å². The summed E-state index contributed by atoms with van der Waals surface area (Å²) in [5.41, 5.74) is 1.12. The van der Waals surface area contributed by atoms with Crippen LogP contribution in [0.3, 0.4) is 0 Å². The average Bonchev–Trinajstić information content (AvgIpc) is 2.53. The maximum absolute atomic E-state index is 12.3. The Bertz CT molecular complexity index is 270. The van der Waals surface area contributed by atoms with Crippen molar-refractivity contribution in [2.24, 2.45) is 11.8 Å². The molecule has 2 atom stereocenters. The summed E-state index contributed by atoms with van der Waals surface area (Å²) in [6.07, 6.45) is 8.06. The van der Waals surface area contributed by atoms with Gasteiger partial charge >= 0.3 is 0 Å². The number of Topliss-reactive ketones (excluding diaryl/α,β-unsaturated/α-hetero) is 1. The fraction of sp³-hybridized carbons (Fsp3) is 0.769. The van der Waals surface area contributed by atoms with Crippen LogP contribution >= 0.6 is 0 Å². The van der Waals surface area contributed by atoms with E-state index in [9.17, 15) is 4.79 Å². The molecule has 2 nitrogen and oxygen atoms in total. The fourth-order valence-corrected chi connectivity index (χ4v) is 2.64. The van der Waals surface area contributed by atoms with Crippen LogP contribution in [-0.4, -0.2) is 18.9 Å². The number of nitrogens with one attached hydrogen (secondary N) is 1. The Labute approximate surface area is 92.1 Å². The van der Waals surface area contributed by atoms with Crippen LogP contribution in [0.25, 0.3) is 0 Å². The summed E-state index contributed by atoms with van der Waals surface area (Å²) in [6.45, 7) is 4.07. The lowest BCUT2D eigenvalue weighted by molar-refractivity contribution is -0.119. The Balaban J connectivity index is 2.02. The van der Waals surface area contributed by atoms with Crippen molar-refractivity contribution in [3.63, 3.8) is 0 Å². The Kier molecular flexibility index (Phi) is 3.57. The average molecular weight is 207 g/mol. The Morgan fingerprint density at radius 3 is 2.93 bits per heavy atom.